The Kier molecular flexibility index (Phi) is 3.39. The molecule has 0 fully saturated rings. The fourth-order valence-electron chi connectivity index (χ4n) is 1.49. The Morgan fingerprint density at radius 2 is 2.12 bits per heavy atom. The van der Waals surface area contributed by atoms with Crippen LogP contribution in [0.1, 0.15) is 10.5 Å². The molecule has 0 saturated heterocycles. The second kappa shape index (κ2) is 4.66. The first-order valence-corrected chi connectivity index (χ1v) is 6.09. The molecule has 0 spiro atoms. The van der Waals surface area contributed by atoms with Gasteiger partial charge in [0.1, 0.15) is 5.69 Å². The van der Waals surface area contributed by atoms with Gasteiger partial charge >= 0.3 is 5.97 Å². The molecule has 2 rings (SSSR count). The highest BCUT2D eigenvalue weighted by Gasteiger charge is 2.11. The second-order valence-electron chi connectivity index (χ2n) is 3.35. The number of pyridine rings is 1. The molecule has 0 aliphatic heterocycles. The molecule has 0 aliphatic rings. The number of methoxy groups -OCH3 is 1. The molecular formula is C11H7ClINO3. The molecule has 1 aromatic carbocycles. The van der Waals surface area contributed by atoms with Crippen LogP contribution in [-0.2, 0) is 4.74 Å². The van der Waals surface area contributed by atoms with Gasteiger partial charge in [-0.3, -0.25) is 4.79 Å². The number of nitrogens with one attached hydrogen (secondary N) is 1. The molecule has 6 heteroatoms. The second-order valence-corrected chi connectivity index (χ2v) is 4.95. The van der Waals surface area contributed by atoms with Crippen molar-refractivity contribution >= 4 is 51.1 Å². The van der Waals surface area contributed by atoms with Gasteiger partial charge in [0.2, 0.25) is 0 Å². The summed E-state index contributed by atoms with van der Waals surface area (Å²) in [7, 11) is 1.26. The molecule has 0 saturated carbocycles. The maximum absolute atomic E-state index is 11.8. The van der Waals surface area contributed by atoms with Crippen molar-refractivity contribution in [1.29, 1.82) is 0 Å². The van der Waals surface area contributed by atoms with Crippen LogP contribution in [0, 0.1) is 3.57 Å². The number of aromatic amines is 1. The van der Waals surface area contributed by atoms with Crippen molar-refractivity contribution in [1.82, 2.24) is 4.98 Å². The Hall–Kier alpha value is -1.08. The predicted octanol–water partition coefficient (Wildman–Crippen LogP) is 2.57. The van der Waals surface area contributed by atoms with Crippen molar-refractivity contribution < 1.29 is 9.53 Å². The lowest BCUT2D eigenvalue weighted by molar-refractivity contribution is 0.0594. The van der Waals surface area contributed by atoms with Crippen LogP contribution in [0.4, 0.5) is 0 Å². The van der Waals surface area contributed by atoms with Crippen LogP contribution in [0.5, 0.6) is 0 Å². The lowest BCUT2D eigenvalue weighted by Crippen LogP contribution is -2.11. The van der Waals surface area contributed by atoms with E-state index >= 15 is 0 Å². The van der Waals surface area contributed by atoms with E-state index in [4.69, 9.17) is 11.6 Å². The number of rotatable bonds is 1. The summed E-state index contributed by atoms with van der Waals surface area (Å²) in [6, 6.07) is 4.49. The van der Waals surface area contributed by atoms with Gasteiger partial charge in [0.25, 0.3) is 0 Å². The smallest absolute Gasteiger partial charge is 0.354 e. The molecule has 2 aromatic rings. The van der Waals surface area contributed by atoms with Gasteiger partial charge in [-0.15, -0.1) is 0 Å². The average molecular weight is 364 g/mol. The standard InChI is InChI=1S/C11H7ClINO3/c1-17-11(16)8-4-9(15)6-2-5(12)3-7(13)10(6)14-8/h2-4H,1H3,(H,14,15). The molecule has 4 nitrogen and oxygen atoms in total. The number of benzene rings is 1. The van der Waals surface area contributed by atoms with Gasteiger partial charge < -0.3 is 9.72 Å². The van der Waals surface area contributed by atoms with Crippen molar-refractivity contribution in [2.75, 3.05) is 7.11 Å². The van der Waals surface area contributed by atoms with E-state index in [0.717, 1.165) is 3.57 Å². The fraction of sp³-hybridized carbons (Fsp3) is 0.0909. The SMILES string of the molecule is COC(=O)c1cc(=O)c2cc(Cl)cc(I)c2[nH]1. The van der Waals surface area contributed by atoms with E-state index < -0.39 is 5.97 Å². The third-order valence-corrected chi connectivity index (χ3v) is 3.33. The predicted molar refractivity (Wildman–Crippen MR) is 73.6 cm³/mol. The first-order valence-electron chi connectivity index (χ1n) is 4.63. The summed E-state index contributed by atoms with van der Waals surface area (Å²) < 4.78 is 5.34. The molecule has 0 amide bonds. The first kappa shape index (κ1) is 12.4. The zero-order valence-corrected chi connectivity index (χ0v) is 11.6. The van der Waals surface area contributed by atoms with E-state index in [9.17, 15) is 9.59 Å². The lowest BCUT2D eigenvalue weighted by atomic mass is 10.2. The lowest BCUT2D eigenvalue weighted by Gasteiger charge is -2.05. The Morgan fingerprint density at radius 3 is 2.76 bits per heavy atom. The van der Waals surface area contributed by atoms with Crippen molar-refractivity contribution in [3.63, 3.8) is 0 Å². The summed E-state index contributed by atoms with van der Waals surface area (Å²) in [6.07, 6.45) is 0. The summed E-state index contributed by atoms with van der Waals surface area (Å²) in [5.74, 6) is -0.574. The third-order valence-electron chi connectivity index (χ3n) is 2.26. The van der Waals surface area contributed by atoms with Crippen LogP contribution in [0.3, 0.4) is 0 Å². The third kappa shape index (κ3) is 2.30. The number of carbonyl (C=O) groups is 1. The van der Waals surface area contributed by atoms with E-state index in [0.29, 0.717) is 15.9 Å². The molecule has 1 heterocycles. The largest absolute Gasteiger partial charge is 0.464 e. The van der Waals surface area contributed by atoms with Gasteiger partial charge in [-0.2, -0.15) is 0 Å². The zero-order chi connectivity index (χ0) is 12.6. The van der Waals surface area contributed by atoms with Crippen molar-refractivity contribution in [2.24, 2.45) is 0 Å². The first-order chi connectivity index (χ1) is 8.02. The summed E-state index contributed by atoms with van der Waals surface area (Å²) in [5.41, 5.74) is 0.452. The van der Waals surface area contributed by atoms with E-state index in [1.165, 1.54) is 13.2 Å². The average Bonchev–Trinajstić information content (AvgIpc) is 2.29. The Morgan fingerprint density at radius 1 is 1.41 bits per heavy atom. The highest BCUT2D eigenvalue weighted by atomic mass is 127. The summed E-state index contributed by atoms with van der Waals surface area (Å²) in [4.78, 5) is 26.1. The number of hydrogen-bond acceptors (Lipinski definition) is 3. The van der Waals surface area contributed by atoms with Gasteiger partial charge in [0.05, 0.1) is 12.6 Å². The maximum Gasteiger partial charge on any atom is 0.354 e. The number of aromatic nitrogens is 1. The minimum atomic E-state index is -0.574. The highest BCUT2D eigenvalue weighted by Crippen LogP contribution is 2.22. The van der Waals surface area contributed by atoms with Crippen LogP contribution in [0.2, 0.25) is 5.02 Å². The molecule has 1 N–H and O–H groups in total. The Bertz CT molecular complexity index is 666. The molecule has 0 aliphatic carbocycles. The summed E-state index contributed by atoms with van der Waals surface area (Å²) >= 11 is 7.92. The van der Waals surface area contributed by atoms with Gasteiger partial charge in [-0.05, 0) is 34.7 Å². The summed E-state index contributed by atoms with van der Waals surface area (Å²) in [6.45, 7) is 0. The Labute approximate surface area is 115 Å². The molecule has 17 heavy (non-hydrogen) atoms. The van der Waals surface area contributed by atoms with Crippen LogP contribution in [0.25, 0.3) is 10.9 Å². The van der Waals surface area contributed by atoms with Crippen LogP contribution in [-0.4, -0.2) is 18.1 Å². The van der Waals surface area contributed by atoms with Gasteiger partial charge in [0.15, 0.2) is 5.43 Å². The molecule has 0 bridgehead atoms. The maximum atomic E-state index is 11.8. The van der Waals surface area contributed by atoms with Gasteiger partial charge in [0, 0.05) is 20.0 Å². The molecule has 0 unspecified atom stereocenters. The molecule has 1 aromatic heterocycles. The number of ether oxygens (including phenoxy) is 1. The Balaban J connectivity index is 2.82. The van der Waals surface area contributed by atoms with Gasteiger partial charge in [-0.1, -0.05) is 11.6 Å². The van der Waals surface area contributed by atoms with E-state index in [2.05, 4.69) is 9.72 Å². The van der Waals surface area contributed by atoms with E-state index in [-0.39, 0.29) is 11.1 Å². The summed E-state index contributed by atoms with van der Waals surface area (Å²) in [5, 5.41) is 0.938. The molecule has 88 valence electrons. The number of halogens is 2. The van der Waals surface area contributed by atoms with Crippen LogP contribution < -0.4 is 5.43 Å². The van der Waals surface area contributed by atoms with Crippen molar-refractivity contribution in [3.8, 4) is 0 Å². The number of carbonyl (C=O) groups excluding carboxylic acids is 1. The quantitative estimate of drug-likeness (QED) is 0.626. The molecular weight excluding hydrogens is 356 g/mol. The van der Waals surface area contributed by atoms with Crippen molar-refractivity contribution in [3.05, 3.63) is 42.7 Å². The van der Waals surface area contributed by atoms with Crippen LogP contribution in [0.15, 0.2) is 23.0 Å². The van der Waals surface area contributed by atoms with Gasteiger partial charge in [-0.25, -0.2) is 4.79 Å². The topological polar surface area (TPSA) is 59.2 Å². The normalized spacial score (nSPS) is 10.5. The minimum Gasteiger partial charge on any atom is -0.464 e. The number of H-pyrrole nitrogens is 1. The minimum absolute atomic E-state index is 0.130. The van der Waals surface area contributed by atoms with Crippen molar-refractivity contribution in [2.45, 2.75) is 0 Å². The van der Waals surface area contributed by atoms with E-state index in [1.807, 2.05) is 22.6 Å². The number of esters is 1. The van der Waals surface area contributed by atoms with E-state index in [1.54, 1.807) is 12.1 Å². The molecule has 0 atom stereocenters. The zero-order valence-electron chi connectivity index (χ0n) is 8.71. The number of fused-ring (bicyclic) bond motifs is 1. The van der Waals surface area contributed by atoms with Crippen LogP contribution >= 0.6 is 34.2 Å². The number of hydrogen-bond donors (Lipinski definition) is 1. The monoisotopic (exact) mass is 363 g/mol. The molecule has 0 radical (unpaired) electrons. The highest BCUT2D eigenvalue weighted by molar-refractivity contribution is 14.1. The fourth-order valence-corrected chi connectivity index (χ4v) is 2.66.